The molecule has 2 rings (SSSR count). The van der Waals surface area contributed by atoms with Gasteiger partial charge in [0.2, 0.25) is 0 Å². The van der Waals surface area contributed by atoms with Crippen LogP contribution in [0.15, 0.2) is 36.7 Å². The summed E-state index contributed by atoms with van der Waals surface area (Å²) in [6.07, 6.45) is 3.57. The molecule has 3 heteroatoms. The van der Waals surface area contributed by atoms with E-state index in [2.05, 4.69) is 15.3 Å². The van der Waals surface area contributed by atoms with Gasteiger partial charge in [-0.2, -0.15) is 0 Å². The van der Waals surface area contributed by atoms with Gasteiger partial charge in [0.15, 0.2) is 0 Å². The highest BCUT2D eigenvalue weighted by atomic mass is 14.9. The zero-order valence-electron chi connectivity index (χ0n) is 7.41. The predicted octanol–water partition coefficient (Wildman–Crippen LogP) is 2.12. The van der Waals surface area contributed by atoms with Crippen LogP contribution in [0.1, 0.15) is 0 Å². The third-order valence-electron chi connectivity index (χ3n) is 1.95. The van der Waals surface area contributed by atoms with Crippen LogP contribution in [0.2, 0.25) is 0 Å². The predicted molar refractivity (Wildman–Crippen MR) is 53.6 cm³/mol. The molecule has 3 nitrogen and oxygen atoms in total. The second-order valence-corrected chi connectivity index (χ2v) is 2.77. The van der Waals surface area contributed by atoms with Crippen molar-refractivity contribution in [3.05, 3.63) is 36.7 Å². The second-order valence-electron chi connectivity index (χ2n) is 2.77. The Balaban J connectivity index is 2.33. The minimum atomic E-state index is 0.905. The fraction of sp³-hybridized carbons (Fsp3) is 0.100. The number of anilines is 1. The smallest absolute Gasteiger partial charge is 0.137 e. The first-order chi connectivity index (χ1) is 6.40. The van der Waals surface area contributed by atoms with Crippen molar-refractivity contribution in [1.29, 1.82) is 0 Å². The van der Waals surface area contributed by atoms with Crippen molar-refractivity contribution in [2.75, 3.05) is 12.4 Å². The minimum absolute atomic E-state index is 0.905. The number of aromatic nitrogens is 2. The third kappa shape index (κ3) is 1.54. The Labute approximate surface area is 76.8 Å². The molecule has 0 fully saturated rings. The molecule has 2 aromatic rings. The van der Waals surface area contributed by atoms with E-state index in [-0.39, 0.29) is 0 Å². The first-order valence-corrected chi connectivity index (χ1v) is 4.18. The number of benzene rings is 1. The van der Waals surface area contributed by atoms with Crippen LogP contribution in [0.3, 0.4) is 0 Å². The summed E-state index contributed by atoms with van der Waals surface area (Å²) in [6.45, 7) is 0. The largest absolute Gasteiger partial charge is 0.388 e. The van der Waals surface area contributed by atoms with Gasteiger partial charge in [-0.25, -0.2) is 4.98 Å². The zero-order chi connectivity index (χ0) is 9.10. The monoisotopic (exact) mass is 173 g/mol. The number of H-pyrrole nitrogens is 1. The highest BCUT2D eigenvalue weighted by Gasteiger charge is 1.97. The van der Waals surface area contributed by atoms with Crippen LogP contribution in [-0.2, 0) is 0 Å². The van der Waals surface area contributed by atoms with Crippen LogP contribution in [0.5, 0.6) is 0 Å². The zero-order valence-corrected chi connectivity index (χ0v) is 7.41. The number of hydrogen-bond donors (Lipinski definition) is 2. The standard InChI is InChI=1S/C10H11N3/c1-11-9-4-2-8(3-5-9)10-12-6-7-13-10/h2-7,11H,1H3,(H,12,13). The van der Waals surface area contributed by atoms with Gasteiger partial charge < -0.3 is 10.3 Å². The molecule has 2 N–H and O–H groups in total. The number of imidazole rings is 1. The number of rotatable bonds is 2. The number of nitrogens with zero attached hydrogens (tertiary/aromatic N) is 1. The van der Waals surface area contributed by atoms with Crippen molar-refractivity contribution in [1.82, 2.24) is 9.97 Å². The van der Waals surface area contributed by atoms with Gasteiger partial charge in [-0.05, 0) is 24.3 Å². The van der Waals surface area contributed by atoms with Crippen LogP contribution in [0, 0.1) is 0 Å². The molecule has 0 aliphatic heterocycles. The molecule has 0 saturated heterocycles. The van der Waals surface area contributed by atoms with Crippen molar-refractivity contribution in [2.45, 2.75) is 0 Å². The van der Waals surface area contributed by atoms with Crippen LogP contribution in [0.4, 0.5) is 5.69 Å². The molecule has 13 heavy (non-hydrogen) atoms. The molecule has 0 bridgehead atoms. The molecular weight excluding hydrogens is 162 g/mol. The van der Waals surface area contributed by atoms with E-state index in [9.17, 15) is 0 Å². The first kappa shape index (κ1) is 7.86. The third-order valence-corrected chi connectivity index (χ3v) is 1.95. The topological polar surface area (TPSA) is 40.7 Å². The van der Waals surface area contributed by atoms with Crippen LogP contribution < -0.4 is 5.32 Å². The summed E-state index contributed by atoms with van der Waals surface area (Å²) in [5.41, 5.74) is 2.21. The highest BCUT2D eigenvalue weighted by molar-refractivity contribution is 5.59. The maximum atomic E-state index is 4.17. The summed E-state index contributed by atoms with van der Waals surface area (Å²) in [7, 11) is 1.90. The van der Waals surface area contributed by atoms with Gasteiger partial charge in [0.05, 0.1) is 0 Å². The first-order valence-electron chi connectivity index (χ1n) is 4.18. The summed E-state index contributed by atoms with van der Waals surface area (Å²) >= 11 is 0. The van der Waals surface area contributed by atoms with Gasteiger partial charge in [0, 0.05) is 30.7 Å². The molecule has 0 amide bonds. The van der Waals surface area contributed by atoms with Crippen molar-refractivity contribution in [3.8, 4) is 11.4 Å². The highest BCUT2D eigenvalue weighted by Crippen LogP contribution is 2.16. The molecule has 66 valence electrons. The second kappa shape index (κ2) is 3.31. The molecule has 0 saturated carbocycles. The van der Waals surface area contributed by atoms with Crippen molar-refractivity contribution >= 4 is 5.69 Å². The molecule has 1 aromatic carbocycles. The maximum absolute atomic E-state index is 4.17. The average Bonchev–Trinajstić information content (AvgIpc) is 2.71. The van der Waals surface area contributed by atoms with Gasteiger partial charge >= 0.3 is 0 Å². The van der Waals surface area contributed by atoms with Gasteiger partial charge in [-0.3, -0.25) is 0 Å². The lowest BCUT2D eigenvalue weighted by Gasteiger charge is -2.00. The van der Waals surface area contributed by atoms with Crippen molar-refractivity contribution in [3.63, 3.8) is 0 Å². The Morgan fingerprint density at radius 2 is 2.00 bits per heavy atom. The summed E-state index contributed by atoms with van der Waals surface area (Å²) in [6, 6.07) is 8.12. The number of aromatic amines is 1. The fourth-order valence-electron chi connectivity index (χ4n) is 1.22. The maximum Gasteiger partial charge on any atom is 0.137 e. The summed E-state index contributed by atoms with van der Waals surface area (Å²) in [5.74, 6) is 0.905. The Hall–Kier alpha value is -1.77. The lowest BCUT2D eigenvalue weighted by Crippen LogP contribution is -1.87. The fourth-order valence-corrected chi connectivity index (χ4v) is 1.22. The van der Waals surface area contributed by atoms with E-state index in [0.717, 1.165) is 17.1 Å². The Morgan fingerprint density at radius 3 is 2.54 bits per heavy atom. The van der Waals surface area contributed by atoms with E-state index in [1.807, 2.05) is 37.5 Å². The van der Waals surface area contributed by atoms with Gasteiger partial charge in [-0.1, -0.05) is 0 Å². The molecule has 0 unspecified atom stereocenters. The van der Waals surface area contributed by atoms with Crippen LogP contribution >= 0.6 is 0 Å². The number of hydrogen-bond acceptors (Lipinski definition) is 2. The molecular formula is C10H11N3. The molecule has 0 aliphatic rings. The Bertz CT molecular complexity index is 362. The van der Waals surface area contributed by atoms with E-state index in [1.54, 1.807) is 6.20 Å². The Morgan fingerprint density at radius 1 is 1.23 bits per heavy atom. The Kier molecular flexibility index (Phi) is 2.00. The molecule has 1 heterocycles. The van der Waals surface area contributed by atoms with Gasteiger partial charge in [-0.15, -0.1) is 0 Å². The summed E-state index contributed by atoms with van der Waals surface area (Å²) in [5, 5.41) is 3.07. The molecule has 1 aromatic heterocycles. The summed E-state index contributed by atoms with van der Waals surface area (Å²) < 4.78 is 0. The quantitative estimate of drug-likeness (QED) is 0.730. The number of nitrogens with one attached hydrogen (secondary N) is 2. The van der Waals surface area contributed by atoms with E-state index < -0.39 is 0 Å². The summed E-state index contributed by atoms with van der Waals surface area (Å²) in [4.78, 5) is 7.23. The lowest BCUT2D eigenvalue weighted by molar-refractivity contribution is 1.31. The average molecular weight is 173 g/mol. The van der Waals surface area contributed by atoms with Gasteiger partial charge in [0.25, 0.3) is 0 Å². The molecule has 0 aliphatic carbocycles. The van der Waals surface area contributed by atoms with E-state index in [0.29, 0.717) is 0 Å². The SMILES string of the molecule is CNc1ccc(-c2ncc[nH]2)cc1. The molecule has 0 spiro atoms. The normalized spacial score (nSPS) is 9.92. The van der Waals surface area contributed by atoms with Crippen molar-refractivity contribution < 1.29 is 0 Å². The van der Waals surface area contributed by atoms with Crippen molar-refractivity contribution in [2.24, 2.45) is 0 Å². The van der Waals surface area contributed by atoms with Crippen LogP contribution in [0.25, 0.3) is 11.4 Å². The van der Waals surface area contributed by atoms with Gasteiger partial charge in [0.1, 0.15) is 5.82 Å². The van der Waals surface area contributed by atoms with E-state index >= 15 is 0 Å². The lowest BCUT2D eigenvalue weighted by atomic mass is 10.2. The van der Waals surface area contributed by atoms with E-state index in [4.69, 9.17) is 0 Å². The van der Waals surface area contributed by atoms with Crippen LogP contribution in [-0.4, -0.2) is 17.0 Å². The molecule has 0 radical (unpaired) electrons. The van der Waals surface area contributed by atoms with E-state index in [1.165, 1.54) is 0 Å². The minimum Gasteiger partial charge on any atom is -0.388 e. The molecule has 0 atom stereocenters.